The molecule has 0 saturated heterocycles. The first-order valence-corrected chi connectivity index (χ1v) is 8.22. The molecule has 0 aromatic heterocycles. The topological polar surface area (TPSA) is 100 Å². The third-order valence-corrected chi connectivity index (χ3v) is 4.01. The van der Waals surface area contributed by atoms with Gasteiger partial charge in [0.15, 0.2) is 0 Å². The van der Waals surface area contributed by atoms with Gasteiger partial charge in [-0.1, -0.05) is 28.1 Å². The Hall–Kier alpha value is -2.97. The number of methoxy groups -OCH3 is 1. The van der Waals surface area contributed by atoms with Crippen molar-refractivity contribution < 1.29 is 19.5 Å². The van der Waals surface area contributed by atoms with Crippen LogP contribution in [0.1, 0.15) is 21.5 Å². The van der Waals surface area contributed by atoms with Crippen LogP contribution in [0.2, 0.25) is 0 Å². The maximum atomic E-state index is 12.1. The summed E-state index contributed by atoms with van der Waals surface area (Å²) in [6, 6.07) is 11.9. The second kappa shape index (κ2) is 9.50. The Balaban J connectivity index is 1.99. The highest BCUT2D eigenvalue weighted by Gasteiger charge is 2.04. The number of hydrogen-bond donors (Lipinski definition) is 3. The molecular formula is C18H16BrN3O4. The molecule has 0 atom stereocenters. The molecule has 0 aliphatic rings. The fourth-order valence-corrected chi connectivity index (χ4v) is 2.28. The van der Waals surface area contributed by atoms with Gasteiger partial charge in [0, 0.05) is 21.7 Å². The van der Waals surface area contributed by atoms with Crippen LogP contribution >= 0.6 is 15.9 Å². The number of nitrogens with zero attached hydrogens (tertiary/aromatic N) is 1. The first-order chi connectivity index (χ1) is 12.5. The number of hydroxylamine groups is 1. The van der Waals surface area contributed by atoms with E-state index in [1.165, 1.54) is 23.8 Å². The summed E-state index contributed by atoms with van der Waals surface area (Å²) in [5.41, 5.74) is 5.81. The number of carbonyl (C=O) groups excluding carboxylic acids is 2. The molecule has 2 amide bonds. The summed E-state index contributed by atoms with van der Waals surface area (Å²) in [6.45, 7) is 0. The van der Waals surface area contributed by atoms with E-state index in [0.717, 1.165) is 10.0 Å². The molecular weight excluding hydrogens is 402 g/mol. The summed E-state index contributed by atoms with van der Waals surface area (Å²) in [5.74, 6) is -0.326. The second-order valence-electron chi connectivity index (χ2n) is 5.02. The lowest BCUT2D eigenvalue weighted by Gasteiger charge is -2.03. The summed E-state index contributed by atoms with van der Waals surface area (Å²) in [5, 5.41) is 12.4. The molecule has 7 nitrogen and oxygen atoms in total. The maximum Gasteiger partial charge on any atom is 0.271 e. The molecule has 0 radical (unpaired) electrons. The van der Waals surface area contributed by atoms with Crippen molar-refractivity contribution >= 4 is 40.0 Å². The van der Waals surface area contributed by atoms with E-state index in [1.807, 2.05) is 6.07 Å². The summed E-state index contributed by atoms with van der Waals surface area (Å²) in [4.78, 5) is 23.0. The number of rotatable bonds is 6. The van der Waals surface area contributed by atoms with E-state index < -0.39 is 5.91 Å². The average molecular weight is 418 g/mol. The van der Waals surface area contributed by atoms with Gasteiger partial charge in [-0.3, -0.25) is 14.8 Å². The highest BCUT2D eigenvalue weighted by Crippen LogP contribution is 2.20. The number of benzene rings is 2. The van der Waals surface area contributed by atoms with E-state index in [9.17, 15) is 9.59 Å². The summed E-state index contributed by atoms with van der Waals surface area (Å²) >= 11 is 3.40. The lowest BCUT2D eigenvalue weighted by molar-refractivity contribution is -0.124. The molecule has 3 N–H and O–H groups in total. The van der Waals surface area contributed by atoms with E-state index in [1.54, 1.807) is 43.5 Å². The van der Waals surface area contributed by atoms with Crippen molar-refractivity contribution in [3.8, 4) is 5.75 Å². The van der Waals surface area contributed by atoms with Crippen molar-refractivity contribution in [3.05, 3.63) is 69.7 Å². The fourth-order valence-electron chi connectivity index (χ4n) is 1.93. The van der Waals surface area contributed by atoms with Crippen molar-refractivity contribution in [1.82, 2.24) is 10.9 Å². The van der Waals surface area contributed by atoms with E-state index in [0.29, 0.717) is 16.9 Å². The molecule has 26 heavy (non-hydrogen) atoms. The van der Waals surface area contributed by atoms with Crippen LogP contribution in [0.4, 0.5) is 0 Å². The van der Waals surface area contributed by atoms with E-state index in [4.69, 9.17) is 9.94 Å². The monoisotopic (exact) mass is 417 g/mol. The first-order valence-electron chi connectivity index (χ1n) is 7.42. The maximum absolute atomic E-state index is 12.1. The van der Waals surface area contributed by atoms with Crippen LogP contribution in [0, 0.1) is 0 Å². The molecule has 0 fully saturated rings. The Morgan fingerprint density at radius 1 is 1.19 bits per heavy atom. The molecule has 0 heterocycles. The Bertz CT molecular complexity index is 848. The van der Waals surface area contributed by atoms with Gasteiger partial charge < -0.3 is 4.74 Å². The van der Waals surface area contributed by atoms with Crippen LogP contribution in [-0.2, 0) is 4.79 Å². The lowest BCUT2D eigenvalue weighted by atomic mass is 10.1. The van der Waals surface area contributed by atoms with Crippen LogP contribution in [-0.4, -0.2) is 30.3 Å². The number of ether oxygens (including phenoxy) is 1. The van der Waals surface area contributed by atoms with Gasteiger partial charge in [-0.25, -0.2) is 10.9 Å². The Morgan fingerprint density at radius 2 is 1.92 bits per heavy atom. The predicted molar refractivity (Wildman–Crippen MR) is 101 cm³/mol. The average Bonchev–Trinajstić information content (AvgIpc) is 2.67. The summed E-state index contributed by atoms with van der Waals surface area (Å²) in [7, 11) is 1.57. The molecule has 0 bridgehead atoms. The van der Waals surface area contributed by atoms with Crippen molar-refractivity contribution in [2.24, 2.45) is 5.10 Å². The minimum Gasteiger partial charge on any atom is -0.497 e. The number of nitrogens with one attached hydrogen (secondary N) is 2. The molecule has 0 unspecified atom stereocenters. The zero-order valence-corrected chi connectivity index (χ0v) is 15.4. The van der Waals surface area contributed by atoms with E-state index in [2.05, 4.69) is 26.5 Å². The third-order valence-electron chi connectivity index (χ3n) is 3.28. The normalized spacial score (nSPS) is 10.9. The van der Waals surface area contributed by atoms with Gasteiger partial charge in [-0.05, 0) is 42.0 Å². The Kier molecular flexibility index (Phi) is 7.07. The molecule has 2 aromatic carbocycles. The van der Waals surface area contributed by atoms with E-state index >= 15 is 0 Å². The molecule has 134 valence electrons. The molecule has 2 aromatic rings. The zero-order valence-electron chi connectivity index (χ0n) is 13.8. The lowest BCUT2D eigenvalue weighted by Crippen LogP contribution is -2.17. The van der Waals surface area contributed by atoms with Crippen LogP contribution in [0.5, 0.6) is 5.75 Å². The highest BCUT2D eigenvalue weighted by atomic mass is 79.9. The minimum absolute atomic E-state index is 0.371. The largest absolute Gasteiger partial charge is 0.497 e. The van der Waals surface area contributed by atoms with Gasteiger partial charge in [0.1, 0.15) is 5.75 Å². The summed E-state index contributed by atoms with van der Waals surface area (Å²) in [6.07, 6.45) is 4.19. The zero-order chi connectivity index (χ0) is 18.9. The van der Waals surface area contributed by atoms with Gasteiger partial charge in [0.05, 0.1) is 13.3 Å². The van der Waals surface area contributed by atoms with Crippen molar-refractivity contribution in [3.63, 3.8) is 0 Å². The number of hydrogen-bond acceptors (Lipinski definition) is 5. The van der Waals surface area contributed by atoms with E-state index in [-0.39, 0.29) is 5.91 Å². The molecule has 0 aliphatic heterocycles. The number of hydrazone groups is 1. The van der Waals surface area contributed by atoms with Gasteiger partial charge in [-0.15, -0.1) is 0 Å². The van der Waals surface area contributed by atoms with Crippen LogP contribution in [0.3, 0.4) is 0 Å². The predicted octanol–water partition coefficient (Wildman–Crippen LogP) is 2.74. The first kappa shape index (κ1) is 19.4. The summed E-state index contributed by atoms with van der Waals surface area (Å²) < 4.78 is 5.96. The number of amides is 2. The molecule has 2 rings (SSSR count). The fraction of sp³-hybridized carbons (Fsp3) is 0.0556. The molecule has 0 aliphatic carbocycles. The quantitative estimate of drug-likeness (QED) is 0.291. The molecule has 0 saturated carbocycles. The van der Waals surface area contributed by atoms with Crippen LogP contribution < -0.4 is 15.6 Å². The second-order valence-corrected chi connectivity index (χ2v) is 5.87. The van der Waals surface area contributed by atoms with Gasteiger partial charge in [-0.2, -0.15) is 5.10 Å². The minimum atomic E-state index is -0.634. The van der Waals surface area contributed by atoms with Gasteiger partial charge in [0.2, 0.25) is 0 Å². The standard InChI is InChI=1S/C18H16BrN3O4/c1-26-15-7-8-16(19)14(10-15)11-20-21-18(24)13-5-2-12(3-6-13)4-9-17(23)22-25/h2-11,25H,1H3,(H,21,24)(H,22,23)/b9-4+,20-11+. The van der Waals surface area contributed by atoms with Crippen molar-refractivity contribution in [1.29, 1.82) is 0 Å². The molecule has 8 heteroatoms. The highest BCUT2D eigenvalue weighted by molar-refractivity contribution is 9.10. The van der Waals surface area contributed by atoms with Crippen molar-refractivity contribution in [2.45, 2.75) is 0 Å². The number of carbonyl (C=O) groups is 2. The molecule has 0 spiro atoms. The van der Waals surface area contributed by atoms with Crippen molar-refractivity contribution in [2.75, 3.05) is 7.11 Å². The Labute approximate surface area is 158 Å². The van der Waals surface area contributed by atoms with Crippen LogP contribution in [0.25, 0.3) is 6.08 Å². The van der Waals surface area contributed by atoms with Crippen LogP contribution in [0.15, 0.2) is 58.1 Å². The number of halogens is 1. The van der Waals surface area contributed by atoms with Gasteiger partial charge in [0.25, 0.3) is 11.8 Å². The third kappa shape index (κ3) is 5.54. The smallest absolute Gasteiger partial charge is 0.271 e. The van der Waals surface area contributed by atoms with Gasteiger partial charge >= 0.3 is 0 Å². The Morgan fingerprint density at radius 3 is 2.58 bits per heavy atom. The SMILES string of the molecule is COc1ccc(Br)c(/C=N/NC(=O)c2ccc(/C=C/C(=O)NO)cc2)c1.